The van der Waals surface area contributed by atoms with Crippen molar-refractivity contribution >= 4 is 11.8 Å². The highest BCUT2D eigenvalue weighted by Crippen LogP contribution is 2.30. The van der Waals surface area contributed by atoms with Crippen molar-refractivity contribution in [2.24, 2.45) is 0 Å². The van der Waals surface area contributed by atoms with Crippen LogP contribution in [0.1, 0.15) is 59.2 Å². The van der Waals surface area contributed by atoms with Crippen LogP contribution in [0.4, 0.5) is 4.39 Å². The van der Waals surface area contributed by atoms with Crippen molar-refractivity contribution in [3.8, 4) is 0 Å². The van der Waals surface area contributed by atoms with Crippen molar-refractivity contribution in [3.63, 3.8) is 0 Å². The molecule has 1 aromatic heterocycles. The van der Waals surface area contributed by atoms with E-state index in [9.17, 15) is 14.0 Å². The van der Waals surface area contributed by atoms with Gasteiger partial charge >= 0.3 is 0 Å². The van der Waals surface area contributed by atoms with Gasteiger partial charge in [-0.1, -0.05) is 12.1 Å². The molecule has 170 valence electrons. The number of morpholine rings is 1. The Morgan fingerprint density at radius 3 is 2.59 bits per heavy atom. The maximum atomic E-state index is 13.1. The van der Waals surface area contributed by atoms with Gasteiger partial charge < -0.3 is 14.5 Å². The molecule has 7 nitrogen and oxygen atoms in total. The predicted molar refractivity (Wildman–Crippen MR) is 117 cm³/mol. The standard InChI is InChI=1S/C24H29FN4O3/c1-17-20(24(31)28-12-14-32-15-13-28)16-26-23(27-17)21-4-2-3-11-29(21)22(30)10-7-18-5-8-19(25)9-6-18/h5-6,8-9,16,21H,2-4,7,10-15H2,1H3/t21-/m1/s1. The van der Waals surface area contributed by atoms with E-state index in [1.54, 1.807) is 23.2 Å². The number of carbonyl (C=O) groups excluding carboxylic acids is 2. The summed E-state index contributed by atoms with van der Waals surface area (Å²) in [6.07, 6.45) is 5.28. The second-order valence-corrected chi connectivity index (χ2v) is 8.36. The molecule has 2 aliphatic rings. The predicted octanol–water partition coefficient (Wildman–Crippen LogP) is 3.08. The Kier molecular flexibility index (Phi) is 7.09. The number of benzene rings is 1. The lowest BCUT2D eigenvalue weighted by Crippen LogP contribution is -2.41. The molecule has 3 heterocycles. The number of carbonyl (C=O) groups is 2. The van der Waals surface area contributed by atoms with Crippen LogP contribution in [0.15, 0.2) is 30.5 Å². The number of hydrogen-bond donors (Lipinski definition) is 0. The molecule has 2 amide bonds. The average molecular weight is 441 g/mol. The molecule has 0 unspecified atom stereocenters. The SMILES string of the molecule is Cc1nc([C@H]2CCCCN2C(=O)CCc2ccc(F)cc2)ncc1C(=O)N1CCOCC1. The van der Waals surface area contributed by atoms with E-state index in [0.717, 1.165) is 24.8 Å². The second-order valence-electron chi connectivity index (χ2n) is 8.36. The molecule has 32 heavy (non-hydrogen) atoms. The third-order valence-electron chi connectivity index (χ3n) is 6.19. The van der Waals surface area contributed by atoms with Gasteiger partial charge in [-0.3, -0.25) is 9.59 Å². The van der Waals surface area contributed by atoms with Crippen molar-refractivity contribution < 1.29 is 18.7 Å². The summed E-state index contributed by atoms with van der Waals surface area (Å²) in [6, 6.07) is 6.08. The van der Waals surface area contributed by atoms with Gasteiger partial charge in [0.1, 0.15) is 5.82 Å². The number of likely N-dealkylation sites (tertiary alicyclic amines) is 1. The minimum absolute atomic E-state index is 0.0498. The maximum absolute atomic E-state index is 13.1. The van der Waals surface area contributed by atoms with Crippen LogP contribution in [0.5, 0.6) is 0 Å². The molecule has 0 N–H and O–H groups in total. The molecule has 2 aliphatic heterocycles. The van der Waals surface area contributed by atoms with E-state index in [1.807, 2.05) is 11.8 Å². The molecule has 1 atom stereocenters. The lowest BCUT2D eigenvalue weighted by atomic mass is 9.99. The third kappa shape index (κ3) is 5.12. The summed E-state index contributed by atoms with van der Waals surface area (Å²) in [5.41, 5.74) is 2.07. The molecule has 2 fully saturated rings. The largest absolute Gasteiger partial charge is 0.378 e. The zero-order valence-electron chi connectivity index (χ0n) is 18.4. The highest BCUT2D eigenvalue weighted by atomic mass is 19.1. The number of aromatic nitrogens is 2. The smallest absolute Gasteiger partial charge is 0.257 e. The van der Waals surface area contributed by atoms with Crippen molar-refractivity contribution in [1.82, 2.24) is 19.8 Å². The normalized spacial score (nSPS) is 19.1. The zero-order chi connectivity index (χ0) is 22.5. The zero-order valence-corrected chi connectivity index (χ0v) is 18.4. The van der Waals surface area contributed by atoms with Crippen molar-refractivity contribution in [2.75, 3.05) is 32.8 Å². The van der Waals surface area contributed by atoms with Gasteiger partial charge in [0.25, 0.3) is 5.91 Å². The Morgan fingerprint density at radius 1 is 1.12 bits per heavy atom. The fourth-order valence-corrected chi connectivity index (χ4v) is 4.34. The quantitative estimate of drug-likeness (QED) is 0.714. The monoisotopic (exact) mass is 440 g/mol. The highest BCUT2D eigenvalue weighted by molar-refractivity contribution is 5.95. The van der Waals surface area contributed by atoms with E-state index in [4.69, 9.17) is 4.74 Å². The number of rotatable bonds is 5. The Labute approximate surface area is 187 Å². The first kappa shape index (κ1) is 22.3. The van der Waals surface area contributed by atoms with Crippen molar-refractivity contribution in [2.45, 2.75) is 45.1 Å². The summed E-state index contributed by atoms with van der Waals surface area (Å²) in [6.45, 7) is 4.71. The Morgan fingerprint density at radius 2 is 1.88 bits per heavy atom. The van der Waals surface area contributed by atoms with Gasteiger partial charge in [-0.25, -0.2) is 14.4 Å². The molecule has 0 bridgehead atoms. The van der Waals surface area contributed by atoms with Crippen molar-refractivity contribution in [1.29, 1.82) is 0 Å². The van der Waals surface area contributed by atoms with E-state index < -0.39 is 0 Å². The first-order valence-corrected chi connectivity index (χ1v) is 11.3. The maximum Gasteiger partial charge on any atom is 0.257 e. The number of hydrogen-bond acceptors (Lipinski definition) is 5. The van der Waals surface area contributed by atoms with Gasteiger partial charge in [0.2, 0.25) is 5.91 Å². The summed E-state index contributed by atoms with van der Waals surface area (Å²) in [7, 11) is 0. The van der Waals surface area contributed by atoms with E-state index in [0.29, 0.717) is 62.8 Å². The number of ether oxygens (including phenoxy) is 1. The average Bonchev–Trinajstić information content (AvgIpc) is 2.83. The molecule has 0 saturated carbocycles. The third-order valence-corrected chi connectivity index (χ3v) is 6.19. The van der Waals surface area contributed by atoms with Crippen LogP contribution in [0.3, 0.4) is 0 Å². The number of amides is 2. The lowest BCUT2D eigenvalue weighted by Gasteiger charge is -2.35. The van der Waals surface area contributed by atoms with Crippen LogP contribution in [-0.4, -0.2) is 64.4 Å². The van der Waals surface area contributed by atoms with Crippen LogP contribution in [0.2, 0.25) is 0 Å². The fraction of sp³-hybridized carbons (Fsp3) is 0.500. The molecule has 2 saturated heterocycles. The van der Waals surface area contributed by atoms with Gasteiger partial charge in [0, 0.05) is 32.3 Å². The van der Waals surface area contributed by atoms with Crippen molar-refractivity contribution in [3.05, 3.63) is 58.9 Å². The summed E-state index contributed by atoms with van der Waals surface area (Å²) in [4.78, 5) is 38.6. The van der Waals surface area contributed by atoms with E-state index in [1.165, 1.54) is 12.1 Å². The number of halogens is 1. The summed E-state index contributed by atoms with van der Waals surface area (Å²) >= 11 is 0. The van der Waals surface area contributed by atoms with Gasteiger partial charge in [-0.05, 0) is 50.3 Å². The second kappa shape index (κ2) is 10.2. The fourth-order valence-electron chi connectivity index (χ4n) is 4.34. The molecule has 2 aromatic rings. The van der Waals surface area contributed by atoms with E-state index in [-0.39, 0.29) is 23.7 Å². The highest BCUT2D eigenvalue weighted by Gasteiger charge is 2.30. The first-order chi connectivity index (χ1) is 15.5. The van der Waals surface area contributed by atoms with Crippen LogP contribution in [0.25, 0.3) is 0 Å². The van der Waals surface area contributed by atoms with Gasteiger partial charge in [-0.15, -0.1) is 0 Å². The van der Waals surface area contributed by atoms with Gasteiger partial charge in [0.15, 0.2) is 5.82 Å². The molecule has 8 heteroatoms. The number of piperidine rings is 1. The van der Waals surface area contributed by atoms with Crippen LogP contribution in [-0.2, 0) is 16.0 Å². The van der Waals surface area contributed by atoms with E-state index >= 15 is 0 Å². The molecular weight excluding hydrogens is 411 g/mol. The van der Waals surface area contributed by atoms with Crippen LogP contribution < -0.4 is 0 Å². The van der Waals surface area contributed by atoms with Gasteiger partial charge in [-0.2, -0.15) is 0 Å². The Balaban J connectivity index is 1.45. The molecule has 0 spiro atoms. The van der Waals surface area contributed by atoms with E-state index in [2.05, 4.69) is 9.97 Å². The first-order valence-electron chi connectivity index (χ1n) is 11.3. The summed E-state index contributed by atoms with van der Waals surface area (Å²) < 4.78 is 18.4. The molecule has 0 radical (unpaired) electrons. The Hall–Kier alpha value is -2.87. The molecular formula is C24H29FN4O3. The lowest BCUT2D eigenvalue weighted by molar-refractivity contribution is -0.135. The molecule has 4 rings (SSSR count). The van der Waals surface area contributed by atoms with Crippen LogP contribution in [0, 0.1) is 12.7 Å². The summed E-state index contributed by atoms with van der Waals surface area (Å²) in [5, 5.41) is 0. The Bertz CT molecular complexity index is 960. The summed E-state index contributed by atoms with van der Waals surface area (Å²) in [5.74, 6) is 0.289. The van der Waals surface area contributed by atoms with Gasteiger partial charge in [0.05, 0.1) is 30.5 Å². The molecule has 0 aliphatic carbocycles. The topological polar surface area (TPSA) is 75.6 Å². The van der Waals surface area contributed by atoms with Crippen LogP contribution >= 0.6 is 0 Å². The molecule has 1 aromatic carbocycles. The number of nitrogens with zero attached hydrogens (tertiary/aromatic N) is 4. The number of aryl methyl sites for hydroxylation is 2. The minimum atomic E-state index is -0.278. The minimum Gasteiger partial charge on any atom is -0.378 e.